The lowest BCUT2D eigenvalue weighted by Gasteiger charge is -2.28. The van der Waals surface area contributed by atoms with Gasteiger partial charge in [-0.05, 0) is 45.9 Å². The van der Waals surface area contributed by atoms with Gasteiger partial charge < -0.3 is 15.5 Å². The highest BCUT2D eigenvalue weighted by atomic mass is 32.2. The van der Waals surface area contributed by atoms with Crippen molar-refractivity contribution in [2.24, 2.45) is 0 Å². The maximum atomic E-state index is 12.3. The molecule has 9 nitrogen and oxygen atoms in total. The highest BCUT2D eigenvalue weighted by molar-refractivity contribution is 7.89. The molecule has 27 heavy (non-hydrogen) atoms. The molecule has 10 heteroatoms. The van der Waals surface area contributed by atoms with Gasteiger partial charge in [0, 0.05) is 24.8 Å². The van der Waals surface area contributed by atoms with Crippen molar-refractivity contribution in [1.82, 2.24) is 19.9 Å². The third-order valence-electron chi connectivity index (χ3n) is 4.47. The summed E-state index contributed by atoms with van der Waals surface area (Å²) in [6.07, 6.45) is 2.88. The van der Waals surface area contributed by atoms with Gasteiger partial charge in [-0.1, -0.05) is 0 Å². The fourth-order valence-corrected chi connectivity index (χ4v) is 3.43. The standard InChI is InChI=1S/C17H26N6O3S/c1-17(2,22-11-16(24)23-8-4-5-13(23)9-18)12-21-15-7-6-14(10-20-15)27(25,26)19-3/h6-7,10,13,19,22H,4-5,8,11-12H2,1-3H3,(H,20,21)/t13-/m0/s1. The van der Waals surface area contributed by atoms with Crippen LogP contribution in [0.1, 0.15) is 26.7 Å². The Morgan fingerprint density at radius 1 is 1.44 bits per heavy atom. The Bertz CT molecular complexity index is 801. The number of sulfonamides is 1. The van der Waals surface area contributed by atoms with Gasteiger partial charge in [-0.3, -0.25) is 4.79 Å². The van der Waals surface area contributed by atoms with Gasteiger partial charge in [0.2, 0.25) is 15.9 Å². The molecule has 1 fully saturated rings. The SMILES string of the molecule is CNS(=O)(=O)c1ccc(NCC(C)(C)NCC(=O)N2CCC[C@H]2C#N)nc1. The minimum Gasteiger partial charge on any atom is -0.368 e. The van der Waals surface area contributed by atoms with Gasteiger partial charge in [0.05, 0.1) is 12.6 Å². The van der Waals surface area contributed by atoms with Gasteiger partial charge in [-0.25, -0.2) is 18.1 Å². The lowest BCUT2D eigenvalue weighted by Crippen LogP contribution is -2.50. The molecule has 0 aromatic carbocycles. The molecule has 0 radical (unpaired) electrons. The van der Waals surface area contributed by atoms with E-state index in [1.807, 2.05) is 13.8 Å². The van der Waals surface area contributed by atoms with E-state index in [4.69, 9.17) is 5.26 Å². The predicted molar refractivity (Wildman–Crippen MR) is 101 cm³/mol. The van der Waals surface area contributed by atoms with Crippen LogP contribution in [0.2, 0.25) is 0 Å². The van der Waals surface area contributed by atoms with Crippen molar-refractivity contribution in [2.75, 3.05) is 32.0 Å². The Kier molecular flexibility index (Phi) is 6.75. The van der Waals surface area contributed by atoms with Gasteiger partial charge in [-0.15, -0.1) is 0 Å². The summed E-state index contributed by atoms with van der Waals surface area (Å²) in [7, 11) is -2.16. The molecule has 1 amide bonds. The third kappa shape index (κ3) is 5.63. The molecular weight excluding hydrogens is 368 g/mol. The van der Waals surface area contributed by atoms with E-state index in [-0.39, 0.29) is 23.4 Å². The van der Waals surface area contributed by atoms with Crippen LogP contribution in [0, 0.1) is 11.3 Å². The summed E-state index contributed by atoms with van der Waals surface area (Å²) in [6, 6.07) is 4.91. The summed E-state index contributed by atoms with van der Waals surface area (Å²) >= 11 is 0. The molecule has 2 heterocycles. The molecule has 0 unspecified atom stereocenters. The number of carbonyl (C=O) groups is 1. The van der Waals surface area contributed by atoms with E-state index in [1.165, 1.54) is 19.3 Å². The van der Waals surface area contributed by atoms with Crippen LogP contribution in [0.3, 0.4) is 0 Å². The predicted octanol–water partition coefficient (Wildman–Crippen LogP) is 0.284. The summed E-state index contributed by atoms with van der Waals surface area (Å²) in [5.41, 5.74) is -0.408. The van der Waals surface area contributed by atoms with Crippen molar-refractivity contribution < 1.29 is 13.2 Å². The maximum Gasteiger partial charge on any atom is 0.241 e. The molecule has 0 saturated carbocycles. The summed E-state index contributed by atoms with van der Waals surface area (Å²) < 4.78 is 25.6. The molecule has 1 aromatic heterocycles. The minimum atomic E-state index is -3.51. The largest absolute Gasteiger partial charge is 0.368 e. The molecular formula is C17H26N6O3S. The quantitative estimate of drug-likeness (QED) is 0.578. The summed E-state index contributed by atoms with van der Waals surface area (Å²) in [5, 5.41) is 15.4. The normalized spacial score (nSPS) is 17.6. The lowest BCUT2D eigenvalue weighted by molar-refractivity contribution is -0.130. The molecule has 1 atom stereocenters. The summed E-state index contributed by atoms with van der Waals surface area (Å²) in [6.45, 7) is 5.15. The van der Waals surface area contributed by atoms with Crippen LogP contribution >= 0.6 is 0 Å². The van der Waals surface area contributed by atoms with Gasteiger partial charge in [-0.2, -0.15) is 5.26 Å². The van der Waals surface area contributed by atoms with Crippen molar-refractivity contribution in [1.29, 1.82) is 5.26 Å². The summed E-state index contributed by atoms with van der Waals surface area (Å²) in [4.78, 5) is 18.1. The number of hydrogen-bond acceptors (Lipinski definition) is 7. The molecule has 0 aliphatic carbocycles. The number of rotatable bonds is 8. The van der Waals surface area contributed by atoms with E-state index in [0.29, 0.717) is 18.9 Å². The molecule has 3 N–H and O–H groups in total. The second kappa shape index (κ2) is 8.65. The Balaban J connectivity index is 1.86. The first-order chi connectivity index (χ1) is 12.7. The minimum absolute atomic E-state index is 0.0770. The molecule has 2 rings (SSSR count). The molecule has 1 saturated heterocycles. The topological polar surface area (TPSA) is 127 Å². The molecule has 0 spiro atoms. The first kappa shape index (κ1) is 21.1. The molecule has 1 aliphatic rings. The number of carbonyl (C=O) groups excluding carboxylic acids is 1. The zero-order chi connectivity index (χ0) is 20.1. The number of hydrogen-bond donors (Lipinski definition) is 3. The number of aromatic nitrogens is 1. The van der Waals surface area contributed by atoms with Gasteiger partial charge >= 0.3 is 0 Å². The van der Waals surface area contributed by atoms with Gasteiger partial charge in [0.1, 0.15) is 16.8 Å². The van der Waals surface area contributed by atoms with Crippen molar-refractivity contribution in [2.45, 2.75) is 43.2 Å². The molecule has 1 aromatic rings. The van der Waals surface area contributed by atoms with Crippen LogP contribution in [0.15, 0.2) is 23.2 Å². The van der Waals surface area contributed by atoms with E-state index >= 15 is 0 Å². The van der Waals surface area contributed by atoms with E-state index in [9.17, 15) is 13.2 Å². The van der Waals surface area contributed by atoms with Crippen molar-refractivity contribution in [3.05, 3.63) is 18.3 Å². The van der Waals surface area contributed by atoms with Crippen LogP contribution in [0.4, 0.5) is 5.82 Å². The Morgan fingerprint density at radius 2 is 2.19 bits per heavy atom. The molecule has 1 aliphatic heterocycles. The number of nitrogens with one attached hydrogen (secondary N) is 3. The van der Waals surface area contributed by atoms with E-state index in [2.05, 4.69) is 26.4 Å². The van der Waals surface area contributed by atoms with Crippen LogP contribution in [-0.2, 0) is 14.8 Å². The fraction of sp³-hybridized carbons (Fsp3) is 0.588. The highest BCUT2D eigenvalue weighted by Crippen LogP contribution is 2.16. The van der Waals surface area contributed by atoms with E-state index < -0.39 is 15.6 Å². The maximum absolute atomic E-state index is 12.3. The first-order valence-electron chi connectivity index (χ1n) is 8.76. The average molecular weight is 395 g/mol. The second-order valence-corrected chi connectivity index (χ2v) is 8.94. The van der Waals surface area contributed by atoms with Crippen molar-refractivity contribution in [3.63, 3.8) is 0 Å². The van der Waals surface area contributed by atoms with Crippen molar-refractivity contribution >= 4 is 21.7 Å². The lowest BCUT2D eigenvalue weighted by atomic mass is 10.1. The second-order valence-electron chi connectivity index (χ2n) is 7.05. The number of nitriles is 1. The smallest absolute Gasteiger partial charge is 0.241 e. The highest BCUT2D eigenvalue weighted by Gasteiger charge is 2.29. The number of amides is 1. The molecule has 0 bridgehead atoms. The third-order valence-corrected chi connectivity index (χ3v) is 5.87. The number of pyridine rings is 1. The Labute approximate surface area is 160 Å². The fourth-order valence-electron chi connectivity index (χ4n) is 2.75. The van der Waals surface area contributed by atoms with Gasteiger partial charge in [0.25, 0.3) is 0 Å². The first-order valence-corrected chi connectivity index (χ1v) is 10.2. The monoisotopic (exact) mass is 394 g/mol. The van der Waals surface area contributed by atoms with Crippen LogP contribution < -0.4 is 15.4 Å². The Hall–Kier alpha value is -2.22. The zero-order valence-corrected chi connectivity index (χ0v) is 16.6. The van der Waals surface area contributed by atoms with Gasteiger partial charge in [0.15, 0.2) is 0 Å². The summed E-state index contributed by atoms with van der Waals surface area (Å²) in [5.74, 6) is 0.460. The number of anilines is 1. The average Bonchev–Trinajstić information content (AvgIpc) is 3.14. The van der Waals surface area contributed by atoms with Crippen molar-refractivity contribution in [3.8, 4) is 6.07 Å². The van der Waals surface area contributed by atoms with E-state index in [1.54, 1.807) is 11.0 Å². The number of likely N-dealkylation sites (tertiary alicyclic amines) is 1. The van der Waals surface area contributed by atoms with Crippen LogP contribution in [-0.4, -0.2) is 62.5 Å². The molecule has 148 valence electrons. The van der Waals surface area contributed by atoms with Crippen LogP contribution in [0.5, 0.6) is 0 Å². The van der Waals surface area contributed by atoms with E-state index in [0.717, 1.165) is 12.8 Å². The zero-order valence-electron chi connectivity index (χ0n) is 15.8. The Morgan fingerprint density at radius 3 is 2.78 bits per heavy atom. The number of nitrogens with zero attached hydrogens (tertiary/aromatic N) is 3. The van der Waals surface area contributed by atoms with Crippen LogP contribution in [0.25, 0.3) is 0 Å².